The predicted molar refractivity (Wildman–Crippen MR) is 111 cm³/mol. The minimum absolute atomic E-state index is 0.221. The maximum Gasteiger partial charge on any atom is 0.185 e. The summed E-state index contributed by atoms with van der Waals surface area (Å²) in [5, 5.41) is 10.6. The predicted octanol–water partition coefficient (Wildman–Crippen LogP) is 2.29. The Labute approximate surface area is 166 Å². The minimum Gasteiger partial charge on any atom is -0.497 e. The highest BCUT2D eigenvalue weighted by Crippen LogP contribution is 2.24. The zero-order valence-corrected chi connectivity index (χ0v) is 17.3. The molecule has 2 heterocycles. The van der Waals surface area contributed by atoms with Gasteiger partial charge in [0.15, 0.2) is 5.13 Å². The molecule has 2 aromatic rings. The second kappa shape index (κ2) is 9.50. The number of aliphatic hydroxyl groups excluding tert-OH is 1. The van der Waals surface area contributed by atoms with Gasteiger partial charge in [0.1, 0.15) is 5.75 Å². The molecule has 0 aliphatic carbocycles. The fourth-order valence-corrected chi connectivity index (χ4v) is 4.41. The molecule has 0 radical (unpaired) electrons. The molecular formula is C20H30N4O2S. The third-order valence-corrected chi connectivity index (χ3v) is 6.12. The first-order valence-corrected chi connectivity index (χ1v) is 10.2. The molecule has 1 saturated heterocycles. The van der Waals surface area contributed by atoms with Crippen LogP contribution in [0.5, 0.6) is 5.75 Å². The lowest BCUT2D eigenvalue weighted by Gasteiger charge is -2.41. The third-order valence-electron chi connectivity index (χ3n) is 4.97. The average molecular weight is 391 g/mol. The van der Waals surface area contributed by atoms with Gasteiger partial charge >= 0.3 is 0 Å². The van der Waals surface area contributed by atoms with Crippen molar-refractivity contribution in [3.8, 4) is 5.75 Å². The first kappa shape index (κ1) is 20.1. The van der Waals surface area contributed by atoms with E-state index in [0.29, 0.717) is 6.04 Å². The molecule has 0 amide bonds. The van der Waals surface area contributed by atoms with E-state index in [4.69, 9.17) is 4.74 Å². The van der Waals surface area contributed by atoms with Crippen molar-refractivity contribution in [1.82, 2.24) is 14.8 Å². The number of benzene rings is 1. The minimum atomic E-state index is 0.221. The van der Waals surface area contributed by atoms with E-state index in [0.717, 1.165) is 50.0 Å². The fraction of sp³-hybridized carbons (Fsp3) is 0.550. The smallest absolute Gasteiger partial charge is 0.185 e. The van der Waals surface area contributed by atoms with Crippen LogP contribution in [0.25, 0.3) is 0 Å². The first-order valence-electron chi connectivity index (χ1n) is 9.41. The van der Waals surface area contributed by atoms with Crippen molar-refractivity contribution in [1.29, 1.82) is 0 Å². The Morgan fingerprint density at radius 2 is 2.15 bits per heavy atom. The summed E-state index contributed by atoms with van der Waals surface area (Å²) in [6.45, 7) is 5.04. The van der Waals surface area contributed by atoms with Crippen molar-refractivity contribution >= 4 is 16.5 Å². The quantitative estimate of drug-likeness (QED) is 0.746. The number of methoxy groups -OCH3 is 1. The van der Waals surface area contributed by atoms with Crippen molar-refractivity contribution in [3.63, 3.8) is 0 Å². The van der Waals surface area contributed by atoms with Crippen LogP contribution in [0.1, 0.15) is 16.9 Å². The molecule has 27 heavy (non-hydrogen) atoms. The van der Waals surface area contributed by atoms with E-state index in [-0.39, 0.29) is 6.61 Å². The number of thiazole rings is 1. The Bertz CT molecular complexity index is 722. The van der Waals surface area contributed by atoms with Gasteiger partial charge in [-0.15, -0.1) is 11.3 Å². The van der Waals surface area contributed by atoms with Crippen LogP contribution in [0.4, 0.5) is 5.13 Å². The van der Waals surface area contributed by atoms with Gasteiger partial charge < -0.3 is 14.7 Å². The fourth-order valence-electron chi connectivity index (χ4n) is 3.53. The largest absolute Gasteiger partial charge is 0.497 e. The molecule has 1 aromatic carbocycles. The number of nitrogens with zero attached hydrogens (tertiary/aromatic N) is 4. The topological polar surface area (TPSA) is 52.1 Å². The summed E-state index contributed by atoms with van der Waals surface area (Å²) in [6.07, 6.45) is 2.79. The van der Waals surface area contributed by atoms with Crippen molar-refractivity contribution in [2.75, 3.05) is 52.3 Å². The van der Waals surface area contributed by atoms with Crippen LogP contribution in [-0.4, -0.2) is 73.4 Å². The Kier molecular flexibility index (Phi) is 7.07. The summed E-state index contributed by atoms with van der Waals surface area (Å²) in [5.41, 5.74) is 1.25. The van der Waals surface area contributed by atoms with Gasteiger partial charge in [0, 0.05) is 70.5 Å². The van der Waals surface area contributed by atoms with E-state index >= 15 is 0 Å². The number of aromatic nitrogens is 1. The highest BCUT2D eigenvalue weighted by molar-refractivity contribution is 7.15. The summed E-state index contributed by atoms with van der Waals surface area (Å²) in [6, 6.07) is 8.62. The summed E-state index contributed by atoms with van der Waals surface area (Å²) < 4.78 is 5.35. The van der Waals surface area contributed by atoms with Gasteiger partial charge in [-0.25, -0.2) is 4.98 Å². The molecule has 1 fully saturated rings. The number of hydrogen-bond acceptors (Lipinski definition) is 7. The molecule has 1 aromatic heterocycles. The van der Waals surface area contributed by atoms with Crippen LogP contribution in [0.2, 0.25) is 0 Å². The molecule has 0 saturated carbocycles. The van der Waals surface area contributed by atoms with E-state index in [2.05, 4.69) is 31.8 Å². The lowest BCUT2D eigenvalue weighted by atomic mass is 10.1. The zero-order chi connectivity index (χ0) is 19.2. The normalized spacial score (nSPS) is 18.6. The molecule has 3 rings (SSSR count). The molecule has 1 N–H and O–H groups in total. The molecule has 1 aliphatic rings. The van der Waals surface area contributed by atoms with Crippen molar-refractivity contribution < 1.29 is 9.84 Å². The zero-order valence-electron chi connectivity index (χ0n) is 16.5. The number of hydrogen-bond donors (Lipinski definition) is 1. The SMILES string of the molecule is COc1cccc(CN2CCN(Cc3cnc(N(C)C)s3)CC2CCO)c1. The maximum atomic E-state index is 9.55. The molecule has 0 spiro atoms. The highest BCUT2D eigenvalue weighted by atomic mass is 32.1. The molecule has 148 valence electrons. The van der Waals surface area contributed by atoms with E-state index < -0.39 is 0 Å². The van der Waals surface area contributed by atoms with E-state index in [1.54, 1.807) is 18.4 Å². The van der Waals surface area contributed by atoms with Gasteiger partial charge in [-0.2, -0.15) is 0 Å². The second-order valence-corrected chi connectivity index (χ2v) is 8.32. The van der Waals surface area contributed by atoms with Crippen molar-refractivity contribution in [2.24, 2.45) is 0 Å². The van der Waals surface area contributed by atoms with Crippen molar-refractivity contribution in [3.05, 3.63) is 40.9 Å². The number of rotatable bonds is 8. The summed E-state index contributed by atoms with van der Waals surface area (Å²) >= 11 is 1.75. The van der Waals surface area contributed by atoms with Gasteiger partial charge in [-0.1, -0.05) is 12.1 Å². The standard InChI is InChI=1S/C20H30N4O2S/c1-22(2)20-21-12-19(27-20)15-23-8-9-24(17(14-23)7-10-25)13-16-5-4-6-18(11-16)26-3/h4-6,11-12,17,25H,7-10,13-15H2,1-3H3. The average Bonchev–Trinajstić information content (AvgIpc) is 3.13. The van der Waals surface area contributed by atoms with Gasteiger partial charge in [-0.3, -0.25) is 9.80 Å². The van der Waals surface area contributed by atoms with Crippen LogP contribution in [-0.2, 0) is 13.1 Å². The number of anilines is 1. The van der Waals surface area contributed by atoms with Crippen LogP contribution in [0, 0.1) is 0 Å². The van der Waals surface area contributed by atoms with Crippen LogP contribution < -0.4 is 9.64 Å². The highest BCUT2D eigenvalue weighted by Gasteiger charge is 2.27. The molecule has 1 atom stereocenters. The summed E-state index contributed by atoms with van der Waals surface area (Å²) in [7, 11) is 5.75. The summed E-state index contributed by atoms with van der Waals surface area (Å²) in [4.78, 5) is 12.8. The maximum absolute atomic E-state index is 9.55. The van der Waals surface area contributed by atoms with E-state index in [9.17, 15) is 5.11 Å². The van der Waals surface area contributed by atoms with Crippen LogP contribution in [0.15, 0.2) is 30.5 Å². The lowest BCUT2D eigenvalue weighted by molar-refractivity contribution is 0.0504. The van der Waals surface area contributed by atoms with E-state index in [1.807, 2.05) is 32.4 Å². The first-order chi connectivity index (χ1) is 13.1. The summed E-state index contributed by atoms with van der Waals surface area (Å²) in [5.74, 6) is 0.895. The van der Waals surface area contributed by atoms with E-state index in [1.165, 1.54) is 10.4 Å². The molecule has 6 nitrogen and oxygen atoms in total. The molecule has 1 unspecified atom stereocenters. The van der Waals surface area contributed by atoms with Gasteiger partial charge in [0.05, 0.1) is 7.11 Å². The molecular weight excluding hydrogens is 360 g/mol. The molecule has 0 bridgehead atoms. The number of aliphatic hydroxyl groups is 1. The van der Waals surface area contributed by atoms with Gasteiger partial charge in [0.25, 0.3) is 0 Å². The number of ether oxygens (including phenoxy) is 1. The number of piperazine rings is 1. The van der Waals surface area contributed by atoms with Gasteiger partial charge in [-0.05, 0) is 24.1 Å². The van der Waals surface area contributed by atoms with Crippen molar-refractivity contribution in [2.45, 2.75) is 25.6 Å². The Hall–Kier alpha value is -1.67. The monoisotopic (exact) mass is 390 g/mol. The Balaban J connectivity index is 1.61. The second-order valence-electron chi connectivity index (χ2n) is 7.23. The molecule has 1 aliphatic heterocycles. The molecule has 7 heteroatoms. The Morgan fingerprint density at radius 1 is 1.30 bits per heavy atom. The Morgan fingerprint density at radius 3 is 2.85 bits per heavy atom. The lowest BCUT2D eigenvalue weighted by Crippen LogP contribution is -2.52. The third kappa shape index (κ3) is 5.42. The van der Waals surface area contributed by atoms with Crippen LogP contribution in [0.3, 0.4) is 0 Å². The van der Waals surface area contributed by atoms with Crippen LogP contribution >= 0.6 is 11.3 Å². The van der Waals surface area contributed by atoms with Gasteiger partial charge in [0.2, 0.25) is 0 Å².